The number of carbonyl (C=O) groups excluding carboxylic acids is 1. The Bertz CT molecular complexity index is 432. The van der Waals surface area contributed by atoms with Crippen molar-refractivity contribution in [3.8, 4) is 0 Å². The van der Waals surface area contributed by atoms with Gasteiger partial charge in [0.05, 0.1) is 12.1 Å². The van der Waals surface area contributed by atoms with Gasteiger partial charge in [-0.05, 0) is 12.8 Å². The van der Waals surface area contributed by atoms with Gasteiger partial charge < -0.3 is 10.5 Å². The molecular weight excluding hydrogens is 292 g/mol. The number of hydrogen-bond acceptors (Lipinski definition) is 6. The zero-order chi connectivity index (χ0) is 14.5. The van der Waals surface area contributed by atoms with Crippen molar-refractivity contribution >= 4 is 33.5 Å². The highest BCUT2D eigenvalue weighted by Crippen LogP contribution is 2.10. The van der Waals surface area contributed by atoms with E-state index in [-0.39, 0.29) is 6.04 Å². The third-order valence-electron chi connectivity index (χ3n) is 2.69. The van der Waals surface area contributed by atoms with E-state index in [1.807, 2.05) is 0 Å². The Kier molecular flexibility index (Phi) is 5.91. The second-order valence-corrected chi connectivity index (χ2v) is 6.20. The van der Waals surface area contributed by atoms with Crippen LogP contribution in [0.1, 0.15) is 12.8 Å². The molecule has 1 saturated heterocycles. The summed E-state index contributed by atoms with van der Waals surface area (Å²) in [5, 5.41) is 0. The molecule has 1 rings (SSSR count). The zero-order valence-electron chi connectivity index (χ0n) is 10.6. The minimum absolute atomic E-state index is 0.218. The van der Waals surface area contributed by atoms with Gasteiger partial charge in [0.15, 0.2) is 0 Å². The zero-order valence-corrected chi connectivity index (χ0v) is 12.2. The van der Waals surface area contributed by atoms with Crippen LogP contribution in [0.15, 0.2) is 0 Å². The Morgan fingerprint density at radius 3 is 2.53 bits per heavy atom. The first-order valence-electron chi connectivity index (χ1n) is 5.71. The summed E-state index contributed by atoms with van der Waals surface area (Å²) in [5.41, 5.74) is 5.45. The van der Waals surface area contributed by atoms with Crippen LogP contribution < -0.4 is 15.2 Å². The summed E-state index contributed by atoms with van der Waals surface area (Å²) >= 11 is 4.82. The Morgan fingerprint density at radius 1 is 1.47 bits per heavy atom. The van der Waals surface area contributed by atoms with Crippen molar-refractivity contribution in [2.75, 3.05) is 26.7 Å². The molecule has 1 aliphatic heterocycles. The maximum absolute atomic E-state index is 11.5. The first-order chi connectivity index (χ1) is 8.82. The van der Waals surface area contributed by atoms with Crippen LogP contribution in [-0.4, -0.2) is 57.2 Å². The second-order valence-electron chi connectivity index (χ2n) is 4.23. The smallest absolute Gasteiger partial charge is 0.421 e. The number of nitrogens with one attached hydrogen (secondary N) is 2. The lowest BCUT2D eigenvalue weighted by Gasteiger charge is -2.31. The van der Waals surface area contributed by atoms with Crippen molar-refractivity contribution in [3.05, 3.63) is 0 Å². The van der Waals surface area contributed by atoms with Crippen molar-refractivity contribution in [1.29, 1.82) is 0 Å². The van der Waals surface area contributed by atoms with E-state index in [2.05, 4.69) is 14.4 Å². The maximum atomic E-state index is 11.5. The fourth-order valence-corrected chi connectivity index (χ4v) is 3.05. The Labute approximate surface area is 117 Å². The van der Waals surface area contributed by atoms with E-state index in [1.165, 1.54) is 0 Å². The Balaban J connectivity index is 2.40. The molecule has 0 atom stereocenters. The lowest BCUT2D eigenvalue weighted by Crippen LogP contribution is -2.50. The Hall–Kier alpha value is -0.970. The first-order valence-corrected chi connectivity index (χ1v) is 7.60. The van der Waals surface area contributed by atoms with Gasteiger partial charge >= 0.3 is 16.3 Å². The number of hydrogen-bond donors (Lipinski definition) is 3. The topological polar surface area (TPSA) is 114 Å². The number of methoxy groups -OCH3 is 1. The molecule has 0 aromatic heterocycles. The molecule has 0 saturated carbocycles. The highest BCUT2D eigenvalue weighted by molar-refractivity contribution is 7.88. The first kappa shape index (κ1) is 16.1. The standard InChI is InChI=1S/C9H18N4O4S2/c1-17-9(14)12-19(15,16)11-7-2-4-13(5-3-7)6-8(10)18/h7,11H,2-6H2,1H3,(H2,10,18)(H,12,14). The van der Waals surface area contributed by atoms with Crippen LogP contribution in [0, 0.1) is 0 Å². The van der Waals surface area contributed by atoms with Crippen LogP contribution in [0.5, 0.6) is 0 Å². The number of likely N-dealkylation sites (tertiary alicyclic amines) is 1. The second kappa shape index (κ2) is 6.98. The van der Waals surface area contributed by atoms with Gasteiger partial charge in [-0.2, -0.15) is 13.1 Å². The average molecular weight is 310 g/mol. The molecule has 4 N–H and O–H groups in total. The van der Waals surface area contributed by atoms with Crippen LogP contribution in [-0.2, 0) is 14.9 Å². The SMILES string of the molecule is COC(=O)NS(=O)(=O)NC1CCN(CC(N)=S)CC1. The molecule has 0 unspecified atom stereocenters. The third-order valence-corrected chi connectivity index (χ3v) is 3.90. The number of amides is 1. The van der Waals surface area contributed by atoms with Gasteiger partial charge in [0.1, 0.15) is 0 Å². The van der Waals surface area contributed by atoms with Crippen molar-refractivity contribution in [2.45, 2.75) is 18.9 Å². The number of nitrogens with zero attached hydrogens (tertiary/aromatic N) is 1. The number of carbonyl (C=O) groups is 1. The third kappa shape index (κ3) is 6.14. The molecule has 0 aliphatic carbocycles. The number of rotatable bonds is 5. The van der Waals surface area contributed by atoms with E-state index in [1.54, 1.807) is 4.72 Å². The van der Waals surface area contributed by atoms with Crippen molar-refractivity contribution in [3.63, 3.8) is 0 Å². The van der Waals surface area contributed by atoms with Gasteiger partial charge in [0.2, 0.25) is 0 Å². The van der Waals surface area contributed by atoms with E-state index in [0.717, 1.165) is 7.11 Å². The van der Waals surface area contributed by atoms with Gasteiger partial charge in [-0.25, -0.2) is 9.52 Å². The molecule has 19 heavy (non-hydrogen) atoms. The van der Waals surface area contributed by atoms with E-state index in [0.29, 0.717) is 37.5 Å². The van der Waals surface area contributed by atoms with Crippen molar-refractivity contribution in [2.24, 2.45) is 5.73 Å². The summed E-state index contributed by atoms with van der Waals surface area (Å²) in [4.78, 5) is 13.3. The van der Waals surface area contributed by atoms with E-state index in [9.17, 15) is 13.2 Å². The number of ether oxygens (including phenoxy) is 1. The lowest BCUT2D eigenvalue weighted by molar-refractivity contribution is 0.177. The van der Waals surface area contributed by atoms with Crippen LogP contribution in [0.25, 0.3) is 0 Å². The summed E-state index contributed by atoms with van der Waals surface area (Å²) in [5.74, 6) is 0. The van der Waals surface area contributed by atoms with E-state index < -0.39 is 16.3 Å². The maximum Gasteiger partial charge on any atom is 0.421 e. The minimum atomic E-state index is -3.88. The highest BCUT2D eigenvalue weighted by Gasteiger charge is 2.24. The number of thiocarbonyl (C=S) groups is 1. The molecule has 1 fully saturated rings. The lowest BCUT2D eigenvalue weighted by atomic mass is 10.1. The largest absolute Gasteiger partial charge is 0.452 e. The summed E-state index contributed by atoms with van der Waals surface area (Å²) in [6, 6.07) is -0.218. The molecule has 1 aliphatic rings. The van der Waals surface area contributed by atoms with E-state index >= 15 is 0 Å². The Morgan fingerprint density at radius 2 is 2.05 bits per heavy atom. The van der Waals surface area contributed by atoms with Crippen molar-refractivity contribution in [1.82, 2.24) is 14.3 Å². The van der Waals surface area contributed by atoms with Crippen LogP contribution in [0.2, 0.25) is 0 Å². The number of nitrogens with two attached hydrogens (primary N) is 1. The van der Waals surface area contributed by atoms with Crippen LogP contribution >= 0.6 is 12.2 Å². The van der Waals surface area contributed by atoms with E-state index in [4.69, 9.17) is 18.0 Å². The normalized spacial score (nSPS) is 17.9. The molecule has 1 heterocycles. The molecule has 110 valence electrons. The van der Waals surface area contributed by atoms with Gasteiger partial charge in [-0.1, -0.05) is 12.2 Å². The molecule has 8 nitrogen and oxygen atoms in total. The number of piperidine rings is 1. The molecular formula is C9H18N4O4S2. The summed E-state index contributed by atoms with van der Waals surface area (Å²) in [6.45, 7) is 1.93. The van der Waals surface area contributed by atoms with Crippen molar-refractivity contribution < 1.29 is 17.9 Å². The monoisotopic (exact) mass is 310 g/mol. The summed E-state index contributed by atoms with van der Waals surface area (Å²) in [6.07, 6.45) is 0.244. The summed E-state index contributed by atoms with van der Waals surface area (Å²) in [7, 11) is -2.78. The average Bonchev–Trinajstić information content (AvgIpc) is 2.30. The molecule has 0 aromatic carbocycles. The molecule has 0 spiro atoms. The quantitative estimate of drug-likeness (QED) is 0.554. The molecule has 0 radical (unpaired) electrons. The molecule has 10 heteroatoms. The molecule has 0 bridgehead atoms. The minimum Gasteiger partial charge on any atom is -0.452 e. The fourth-order valence-electron chi connectivity index (χ4n) is 1.83. The van der Waals surface area contributed by atoms with Gasteiger partial charge in [-0.3, -0.25) is 4.90 Å². The highest BCUT2D eigenvalue weighted by atomic mass is 32.2. The fraction of sp³-hybridized carbons (Fsp3) is 0.778. The summed E-state index contributed by atoms with van der Waals surface area (Å²) < 4.78 is 31.5. The van der Waals surface area contributed by atoms with Gasteiger partial charge in [-0.15, -0.1) is 0 Å². The molecule has 0 aromatic rings. The predicted molar refractivity (Wildman–Crippen MR) is 73.8 cm³/mol. The molecule has 1 amide bonds. The van der Waals surface area contributed by atoms with Crippen LogP contribution in [0.4, 0.5) is 4.79 Å². The van der Waals surface area contributed by atoms with Gasteiger partial charge in [0, 0.05) is 25.7 Å². The predicted octanol–water partition coefficient (Wildman–Crippen LogP) is -1.07. The van der Waals surface area contributed by atoms with Gasteiger partial charge in [0.25, 0.3) is 0 Å². The van der Waals surface area contributed by atoms with Crippen LogP contribution in [0.3, 0.4) is 0 Å².